The SMILES string of the molecule is Cl.O=C(NCCCn1ccnc1)c1c[nH]c2ccccc2c1=O. The second-order valence-electron chi connectivity index (χ2n) is 4.99. The van der Waals surface area contributed by atoms with Crippen LogP contribution in [0.2, 0.25) is 0 Å². The van der Waals surface area contributed by atoms with Gasteiger partial charge in [-0.3, -0.25) is 9.59 Å². The van der Waals surface area contributed by atoms with Gasteiger partial charge in [-0.25, -0.2) is 4.98 Å². The van der Waals surface area contributed by atoms with E-state index in [0.29, 0.717) is 11.9 Å². The van der Waals surface area contributed by atoms with Crippen molar-refractivity contribution in [3.8, 4) is 0 Å². The van der Waals surface area contributed by atoms with Gasteiger partial charge >= 0.3 is 0 Å². The van der Waals surface area contributed by atoms with E-state index in [2.05, 4.69) is 15.3 Å². The number of hydrogen-bond acceptors (Lipinski definition) is 3. The molecule has 0 fully saturated rings. The lowest BCUT2D eigenvalue weighted by Gasteiger charge is -2.06. The number of para-hydroxylation sites is 1. The van der Waals surface area contributed by atoms with Crippen LogP contribution in [0.15, 0.2) is 54.0 Å². The highest BCUT2D eigenvalue weighted by Gasteiger charge is 2.11. The molecule has 0 atom stereocenters. The number of benzene rings is 1. The number of amides is 1. The Balaban J connectivity index is 0.00000192. The molecule has 0 bridgehead atoms. The molecular formula is C16H17ClN4O2. The third kappa shape index (κ3) is 3.78. The van der Waals surface area contributed by atoms with Gasteiger partial charge in [0.25, 0.3) is 5.91 Å². The highest BCUT2D eigenvalue weighted by atomic mass is 35.5. The molecule has 0 saturated carbocycles. The summed E-state index contributed by atoms with van der Waals surface area (Å²) in [5.74, 6) is -0.349. The van der Waals surface area contributed by atoms with E-state index in [-0.39, 0.29) is 29.3 Å². The van der Waals surface area contributed by atoms with E-state index in [4.69, 9.17) is 0 Å². The molecule has 0 aliphatic rings. The lowest BCUT2D eigenvalue weighted by atomic mass is 10.1. The van der Waals surface area contributed by atoms with Crippen molar-refractivity contribution in [1.29, 1.82) is 0 Å². The summed E-state index contributed by atoms with van der Waals surface area (Å²) in [6.07, 6.45) is 7.56. The van der Waals surface area contributed by atoms with Crippen molar-refractivity contribution in [2.24, 2.45) is 0 Å². The number of pyridine rings is 1. The molecule has 2 heterocycles. The van der Waals surface area contributed by atoms with Gasteiger partial charge < -0.3 is 14.9 Å². The van der Waals surface area contributed by atoms with Crippen molar-refractivity contribution < 1.29 is 4.79 Å². The second kappa shape index (κ2) is 7.60. The monoisotopic (exact) mass is 332 g/mol. The first-order chi connectivity index (χ1) is 10.8. The minimum absolute atomic E-state index is 0. The minimum Gasteiger partial charge on any atom is -0.360 e. The van der Waals surface area contributed by atoms with Gasteiger partial charge in [-0.15, -0.1) is 12.4 Å². The summed E-state index contributed by atoms with van der Waals surface area (Å²) in [6, 6.07) is 7.14. The number of rotatable bonds is 5. The standard InChI is InChI=1S/C16H16N4O2.ClH/c21-15-12-4-1-2-5-14(12)19-10-13(15)16(22)18-6-3-8-20-9-7-17-11-20;/h1-2,4-5,7,9-11H,3,6,8H2,(H,18,22)(H,19,21);1H. The third-order valence-corrected chi connectivity index (χ3v) is 3.47. The molecule has 2 aromatic heterocycles. The molecular weight excluding hydrogens is 316 g/mol. The Kier molecular flexibility index (Phi) is 5.54. The summed E-state index contributed by atoms with van der Waals surface area (Å²) in [6.45, 7) is 1.28. The maximum absolute atomic E-state index is 12.3. The number of nitrogens with zero attached hydrogens (tertiary/aromatic N) is 2. The quantitative estimate of drug-likeness (QED) is 0.701. The molecule has 6 nitrogen and oxygen atoms in total. The highest BCUT2D eigenvalue weighted by molar-refractivity contribution is 5.97. The number of aryl methyl sites for hydroxylation is 1. The molecule has 0 aliphatic carbocycles. The van der Waals surface area contributed by atoms with Gasteiger partial charge in [0.05, 0.1) is 6.33 Å². The zero-order valence-electron chi connectivity index (χ0n) is 12.4. The first kappa shape index (κ1) is 16.8. The Morgan fingerprint density at radius 3 is 2.91 bits per heavy atom. The van der Waals surface area contributed by atoms with E-state index in [1.807, 2.05) is 22.9 Å². The van der Waals surface area contributed by atoms with Crippen molar-refractivity contribution in [3.05, 3.63) is 65.0 Å². The Morgan fingerprint density at radius 1 is 1.30 bits per heavy atom. The van der Waals surface area contributed by atoms with Crippen LogP contribution in [-0.2, 0) is 6.54 Å². The molecule has 2 N–H and O–H groups in total. The summed E-state index contributed by atoms with van der Waals surface area (Å²) in [5.41, 5.74) is 0.618. The van der Waals surface area contributed by atoms with E-state index in [9.17, 15) is 9.59 Å². The van der Waals surface area contributed by atoms with Crippen LogP contribution >= 0.6 is 12.4 Å². The second-order valence-corrected chi connectivity index (χ2v) is 4.99. The maximum Gasteiger partial charge on any atom is 0.256 e. The Hall–Kier alpha value is -2.60. The van der Waals surface area contributed by atoms with Gasteiger partial charge in [-0.2, -0.15) is 0 Å². The molecule has 0 saturated heterocycles. The van der Waals surface area contributed by atoms with Gasteiger partial charge in [-0.1, -0.05) is 12.1 Å². The molecule has 0 unspecified atom stereocenters. The average Bonchev–Trinajstić information content (AvgIpc) is 3.05. The number of carbonyl (C=O) groups excluding carboxylic acids is 1. The van der Waals surface area contributed by atoms with Crippen molar-refractivity contribution in [1.82, 2.24) is 19.9 Å². The first-order valence-electron chi connectivity index (χ1n) is 7.10. The molecule has 120 valence electrons. The average molecular weight is 333 g/mol. The number of aromatic nitrogens is 3. The summed E-state index contributed by atoms with van der Waals surface area (Å²) < 4.78 is 1.94. The number of carbonyl (C=O) groups is 1. The van der Waals surface area contributed by atoms with E-state index in [1.165, 1.54) is 6.20 Å². The van der Waals surface area contributed by atoms with Crippen molar-refractivity contribution >= 4 is 29.2 Å². The van der Waals surface area contributed by atoms with E-state index in [0.717, 1.165) is 18.5 Å². The lowest BCUT2D eigenvalue weighted by Crippen LogP contribution is -2.30. The predicted molar refractivity (Wildman–Crippen MR) is 91.0 cm³/mol. The van der Waals surface area contributed by atoms with Gasteiger partial charge in [-0.05, 0) is 18.6 Å². The summed E-state index contributed by atoms with van der Waals surface area (Å²) in [7, 11) is 0. The van der Waals surface area contributed by atoms with Gasteiger partial charge in [0.2, 0.25) is 5.43 Å². The van der Waals surface area contributed by atoms with Crippen LogP contribution in [0.3, 0.4) is 0 Å². The van der Waals surface area contributed by atoms with Crippen LogP contribution in [0, 0.1) is 0 Å². The number of nitrogens with one attached hydrogen (secondary N) is 2. The number of aromatic amines is 1. The van der Waals surface area contributed by atoms with Gasteiger partial charge in [0, 0.05) is 42.6 Å². The number of H-pyrrole nitrogens is 1. The fourth-order valence-corrected chi connectivity index (χ4v) is 2.31. The van der Waals surface area contributed by atoms with Gasteiger partial charge in [0.15, 0.2) is 0 Å². The largest absolute Gasteiger partial charge is 0.360 e. The molecule has 0 radical (unpaired) electrons. The van der Waals surface area contributed by atoms with Crippen molar-refractivity contribution in [2.45, 2.75) is 13.0 Å². The van der Waals surface area contributed by atoms with Crippen LogP contribution in [0.25, 0.3) is 10.9 Å². The molecule has 1 amide bonds. The Morgan fingerprint density at radius 2 is 2.13 bits per heavy atom. The maximum atomic E-state index is 12.3. The van der Waals surface area contributed by atoms with E-state index >= 15 is 0 Å². The molecule has 3 aromatic rings. The molecule has 7 heteroatoms. The number of halogens is 1. The molecule has 1 aromatic carbocycles. The fraction of sp³-hybridized carbons (Fsp3) is 0.188. The molecule has 23 heavy (non-hydrogen) atoms. The topological polar surface area (TPSA) is 79.8 Å². The lowest BCUT2D eigenvalue weighted by molar-refractivity contribution is 0.0951. The summed E-state index contributed by atoms with van der Waals surface area (Å²) >= 11 is 0. The van der Waals surface area contributed by atoms with Crippen molar-refractivity contribution in [2.75, 3.05) is 6.54 Å². The summed E-state index contributed by atoms with van der Waals surface area (Å²) in [4.78, 5) is 31.4. The van der Waals surface area contributed by atoms with Crippen LogP contribution < -0.4 is 10.7 Å². The molecule has 0 aliphatic heterocycles. The third-order valence-electron chi connectivity index (χ3n) is 3.47. The normalized spacial score (nSPS) is 10.3. The molecule has 3 rings (SSSR count). The molecule has 0 spiro atoms. The van der Waals surface area contributed by atoms with Crippen LogP contribution in [-0.4, -0.2) is 27.0 Å². The zero-order chi connectivity index (χ0) is 15.4. The summed E-state index contributed by atoms with van der Waals surface area (Å²) in [5, 5.41) is 3.30. The zero-order valence-corrected chi connectivity index (χ0v) is 13.2. The fourth-order valence-electron chi connectivity index (χ4n) is 2.31. The Labute approximate surface area is 139 Å². The number of fused-ring (bicyclic) bond motifs is 1. The first-order valence-corrected chi connectivity index (χ1v) is 7.10. The van der Waals surface area contributed by atoms with E-state index < -0.39 is 0 Å². The van der Waals surface area contributed by atoms with Crippen LogP contribution in [0.1, 0.15) is 16.8 Å². The number of imidazole rings is 1. The number of hydrogen-bond donors (Lipinski definition) is 2. The van der Waals surface area contributed by atoms with Gasteiger partial charge in [0.1, 0.15) is 5.56 Å². The smallest absolute Gasteiger partial charge is 0.256 e. The van der Waals surface area contributed by atoms with Crippen molar-refractivity contribution in [3.63, 3.8) is 0 Å². The highest BCUT2D eigenvalue weighted by Crippen LogP contribution is 2.06. The van der Waals surface area contributed by atoms with Crippen LogP contribution in [0.4, 0.5) is 0 Å². The Bertz CT molecular complexity index is 843. The van der Waals surface area contributed by atoms with Crippen LogP contribution in [0.5, 0.6) is 0 Å². The predicted octanol–water partition coefficient (Wildman–Crippen LogP) is 1.97. The minimum atomic E-state index is -0.349. The van der Waals surface area contributed by atoms with E-state index in [1.54, 1.807) is 24.7 Å².